The van der Waals surface area contributed by atoms with E-state index in [9.17, 15) is 4.79 Å². The molecule has 0 radical (unpaired) electrons. The Hall–Kier alpha value is -1.43. The fraction of sp³-hybridized carbons (Fsp3) is 0.650. The molecule has 1 aliphatic rings. The first-order valence-corrected chi connectivity index (χ1v) is 9.71. The smallest absolute Gasteiger partial charge is 0.236 e. The maximum absolute atomic E-state index is 11.7. The van der Waals surface area contributed by atoms with Crippen LogP contribution in [0.4, 0.5) is 0 Å². The summed E-state index contributed by atoms with van der Waals surface area (Å²) >= 11 is 0. The normalized spacial score (nSPS) is 17.4. The van der Waals surface area contributed by atoms with Crippen molar-refractivity contribution in [3.05, 3.63) is 35.9 Å². The minimum Gasteiger partial charge on any atom is -0.355 e. The van der Waals surface area contributed by atoms with Crippen molar-refractivity contribution < 1.29 is 4.79 Å². The fourth-order valence-corrected chi connectivity index (χ4v) is 3.26. The summed E-state index contributed by atoms with van der Waals surface area (Å²) in [5.74, 6) is -0.00336. The second-order valence-corrected chi connectivity index (χ2v) is 7.00. The van der Waals surface area contributed by atoms with Gasteiger partial charge in [0.1, 0.15) is 0 Å². The number of nitrogens with two attached hydrogens (primary N) is 1. The molecule has 5 heteroatoms. The van der Waals surface area contributed by atoms with Gasteiger partial charge in [-0.05, 0) is 31.4 Å². The van der Waals surface area contributed by atoms with Crippen molar-refractivity contribution in [1.29, 1.82) is 0 Å². The summed E-state index contributed by atoms with van der Waals surface area (Å²) in [5.41, 5.74) is 7.20. The number of carbonyl (C=O) groups excluding carboxylic acids is 1. The van der Waals surface area contributed by atoms with Gasteiger partial charge < -0.3 is 16.0 Å². The van der Waals surface area contributed by atoms with Crippen molar-refractivity contribution in [2.75, 3.05) is 39.3 Å². The first kappa shape index (κ1) is 19.9. The number of carbonyl (C=O) groups is 1. The van der Waals surface area contributed by atoms with Crippen molar-refractivity contribution in [3.8, 4) is 0 Å². The first-order chi connectivity index (χ1) is 12.2. The maximum Gasteiger partial charge on any atom is 0.236 e. The highest BCUT2D eigenvalue weighted by Gasteiger charge is 2.16. The zero-order valence-electron chi connectivity index (χ0n) is 15.6. The lowest BCUT2D eigenvalue weighted by molar-refractivity contribution is -0.122. The second-order valence-electron chi connectivity index (χ2n) is 7.00. The van der Waals surface area contributed by atoms with Gasteiger partial charge in [-0.15, -0.1) is 0 Å². The summed E-state index contributed by atoms with van der Waals surface area (Å²) < 4.78 is 0. The average molecular weight is 347 g/mol. The van der Waals surface area contributed by atoms with Crippen LogP contribution in [0.2, 0.25) is 0 Å². The Morgan fingerprint density at radius 3 is 2.48 bits per heavy atom. The van der Waals surface area contributed by atoms with Gasteiger partial charge in [0.25, 0.3) is 0 Å². The Bertz CT molecular complexity index is 486. The first-order valence-electron chi connectivity index (χ1n) is 9.71. The van der Waals surface area contributed by atoms with Crippen LogP contribution in [-0.4, -0.2) is 61.0 Å². The van der Waals surface area contributed by atoms with Crippen LogP contribution in [0.25, 0.3) is 0 Å². The number of benzene rings is 1. The van der Waals surface area contributed by atoms with Gasteiger partial charge in [0.2, 0.25) is 5.91 Å². The van der Waals surface area contributed by atoms with Crippen LogP contribution in [0.1, 0.15) is 38.2 Å². The van der Waals surface area contributed by atoms with Gasteiger partial charge >= 0.3 is 0 Å². The molecule has 1 aromatic rings. The van der Waals surface area contributed by atoms with Gasteiger partial charge in [-0.1, -0.05) is 43.7 Å². The molecule has 1 aliphatic heterocycles. The third-order valence-corrected chi connectivity index (χ3v) is 4.85. The third-order valence-electron chi connectivity index (χ3n) is 4.85. The summed E-state index contributed by atoms with van der Waals surface area (Å²) in [4.78, 5) is 16.8. The molecular formula is C20H34N4O. The summed E-state index contributed by atoms with van der Waals surface area (Å²) in [6.45, 7) is 9.52. The molecule has 0 saturated carbocycles. The van der Waals surface area contributed by atoms with E-state index in [0.29, 0.717) is 0 Å². The standard InChI is InChI=1S/C20H34N4O/c1-2-8-19(21)20(25)22-11-6-7-12-23-13-15-24(16-14-23)17-18-9-4-3-5-10-18/h3-5,9-10,19H,2,6-8,11-17,21H2,1H3,(H,22,25). The predicted octanol–water partition coefficient (Wildman–Crippen LogP) is 1.83. The van der Waals surface area contributed by atoms with E-state index in [2.05, 4.69) is 45.4 Å². The van der Waals surface area contributed by atoms with E-state index in [1.807, 2.05) is 6.92 Å². The minimum atomic E-state index is -0.345. The molecule has 2 rings (SSSR count). The lowest BCUT2D eigenvalue weighted by atomic mass is 10.1. The van der Waals surface area contributed by atoms with Gasteiger partial charge in [-0.2, -0.15) is 0 Å². The lowest BCUT2D eigenvalue weighted by Crippen LogP contribution is -2.46. The number of piperazine rings is 1. The molecule has 1 saturated heterocycles. The number of amides is 1. The minimum absolute atomic E-state index is 0.00336. The van der Waals surface area contributed by atoms with E-state index < -0.39 is 0 Å². The van der Waals surface area contributed by atoms with Gasteiger partial charge in [-0.3, -0.25) is 9.69 Å². The lowest BCUT2D eigenvalue weighted by Gasteiger charge is -2.34. The van der Waals surface area contributed by atoms with Crippen LogP contribution in [0.3, 0.4) is 0 Å². The Morgan fingerprint density at radius 2 is 1.80 bits per heavy atom. The zero-order chi connectivity index (χ0) is 17.9. The van der Waals surface area contributed by atoms with Crippen LogP contribution in [0, 0.1) is 0 Å². The van der Waals surface area contributed by atoms with Crippen molar-refractivity contribution in [3.63, 3.8) is 0 Å². The largest absolute Gasteiger partial charge is 0.355 e. The van der Waals surface area contributed by atoms with Gasteiger partial charge in [0.05, 0.1) is 6.04 Å². The van der Waals surface area contributed by atoms with Crippen LogP contribution in [0.5, 0.6) is 0 Å². The Labute approximate surface area is 152 Å². The topological polar surface area (TPSA) is 61.6 Å². The number of nitrogens with one attached hydrogen (secondary N) is 1. The second kappa shape index (κ2) is 11.2. The summed E-state index contributed by atoms with van der Waals surface area (Å²) in [6.07, 6.45) is 3.86. The molecule has 3 N–H and O–H groups in total. The van der Waals surface area contributed by atoms with E-state index in [4.69, 9.17) is 5.73 Å². The number of hydrogen-bond donors (Lipinski definition) is 2. The molecule has 1 atom stereocenters. The molecular weight excluding hydrogens is 312 g/mol. The number of nitrogens with zero attached hydrogens (tertiary/aromatic N) is 2. The quantitative estimate of drug-likeness (QED) is 0.635. The molecule has 0 aromatic heterocycles. The van der Waals surface area contributed by atoms with Crippen molar-refractivity contribution in [2.45, 2.75) is 45.2 Å². The Balaban J connectivity index is 1.52. The van der Waals surface area contributed by atoms with E-state index in [1.165, 1.54) is 5.56 Å². The molecule has 25 heavy (non-hydrogen) atoms. The highest BCUT2D eigenvalue weighted by Crippen LogP contribution is 2.09. The molecule has 1 aromatic carbocycles. The average Bonchev–Trinajstić information content (AvgIpc) is 2.63. The van der Waals surface area contributed by atoms with E-state index in [-0.39, 0.29) is 11.9 Å². The van der Waals surface area contributed by atoms with Gasteiger partial charge in [-0.25, -0.2) is 0 Å². The fourth-order valence-electron chi connectivity index (χ4n) is 3.26. The van der Waals surface area contributed by atoms with Crippen LogP contribution in [0.15, 0.2) is 30.3 Å². The van der Waals surface area contributed by atoms with Crippen LogP contribution < -0.4 is 11.1 Å². The number of unbranched alkanes of at least 4 members (excludes halogenated alkanes) is 1. The summed E-state index contributed by atoms with van der Waals surface area (Å²) in [5, 5.41) is 2.95. The molecule has 1 amide bonds. The Kier molecular flexibility index (Phi) is 8.94. The molecule has 1 fully saturated rings. The Morgan fingerprint density at radius 1 is 1.12 bits per heavy atom. The summed E-state index contributed by atoms with van der Waals surface area (Å²) in [7, 11) is 0. The summed E-state index contributed by atoms with van der Waals surface area (Å²) in [6, 6.07) is 10.4. The highest BCUT2D eigenvalue weighted by atomic mass is 16.2. The number of hydrogen-bond acceptors (Lipinski definition) is 4. The van der Waals surface area contributed by atoms with Crippen LogP contribution >= 0.6 is 0 Å². The molecule has 0 aliphatic carbocycles. The molecule has 140 valence electrons. The van der Waals surface area contributed by atoms with Crippen LogP contribution in [-0.2, 0) is 11.3 Å². The molecule has 5 nitrogen and oxygen atoms in total. The maximum atomic E-state index is 11.7. The van der Waals surface area contributed by atoms with Crippen molar-refractivity contribution >= 4 is 5.91 Å². The van der Waals surface area contributed by atoms with E-state index in [1.54, 1.807) is 0 Å². The molecule has 0 bridgehead atoms. The predicted molar refractivity (Wildman–Crippen MR) is 103 cm³/mol. The molecule has 0 spiro atoms. The van der Waals surface area contributed by atoms with Crippen molar-refractivity contribution in [2.24, 2.45) is 5.73 Å². The molecule has 1 unspecified atom stereocenters. The zero-order valence-corrected chi connectivity index (χ0v) is 15.6. The van der Waals surface area contributed by atoms with Gasteiger partial charge in [0.15, 0.2) is 0 Å². The van der Waals surface area contributed by atoms with E-state index >= 15 is 0 Å². The molecule has 1 heterocycles. The number of rotatable bonds is 10. The third kappa shape index (κ3) is 7.55. The monoisotopic (exact) mass is 346 g/mol. The SMILES string of the molecule is CCCC(N)C(=O)NCCCCN1CCN(Cc2ccccc2)CC1. The van der Waals surface area contributed by atoms with E-state index in [0.717, 1.165) is 71.5 Å². The van der Waals surface area contributed by atoms with Crippen molar-refractivity contribution in [1.82, 2.24) is 15.1 Å². The highest BCUT2D eigenvalue weighted by molar-refractivity contribution is 5.81. The van der Waals surface area contributed by atoms with Gasteiger partial charge in [0, 0.05) is 39.3 Å².